The van der Waals surface area contributed by atoms with E-state index in [0.717, 1.165) is 15.9 Å². The van der Waals surface area contributed by atoms with E-state index in [9.17, 15) is 4.79 Å². The third kappa shape index (κ3) is 3.82. The number of halogens is 1. The van der Waals surface area contributed by atoms with Crippen LogP contribution < -0.4 is 11.1 Å². The summed E-state index contributed by atoms with van der Waals surface area (Å²) < 4.78 is 0.830. The number of anilines is 2. The smallest absolute Gasteiger partial charge is 0.255 e. The van der Waals surface area contributed by atoms with Gasteiger partial charge in [0.15, 0.2) is 0 Å². The Labute approximate surface area is 132 Å². The van der Waals surface area contributed by atoms with Crippen LogP contribution >= 0.6 is 15.9 Å². The lowest BCUT2D eigenvalue weighted by Gasteiger charge is -2.19. The molecule has 21 heavy (non-hydrogen) atoms. The van der Waals surface area contributed by atoms with Crippen molar-refractivity contribution < 1.29 is 4.79 Å². The number of amides is 1. The van der Waals surface area contributed by atoms with Crippen molar-refractivity contribution in [3.05, 3.63) is 52.1 Å². The van der Waals surface area contributed by atoms with E-state index >= 15 is 0 Å². The zero-order valence-corrected chi connectivity index (χ0v) is 13.9. The highest BCUT2D eigenvalue weighted by Crippen LogP contribution is 2.25. The number of hydrogen-bond acceptors (Lipinski definition) is 3. The van der Waals surface area contributed by atoms with Crippen LogP contribution in [-0.4, -0.2) is 10.9 Å². The minimum absolute atomic E-state index is 0.169. The second-order valence-electron chi connectivity index (χ2n) is 5.85. The molecule has 2 aromatic rings. The number of nitrogens with two attached hydrogens (primary N) is 1. The lowest BCUT2D eigenvalue weighted by molar-refractivity contribution is 0.102. The van der Waals surface area contributed by atoms with E-state index < -0.39 is 0 Å². The van der Waals surface area contributed by atoms with Gasteiger partial charge in [0.05, 0.1) is 5.69 Å². The van der Waals surface area contributed by atoms with Crippen molar-refractivity contribution in [2.45, 2.75) is 26.2 Å². The Hall–Kier alpha value is -1.88. The van der Waals surface area contributed by atoms with Gasteiger partial charge in [0.1, 0.15) is 5.82 Å². The lowest BCUT2D eigenvalue weighted by atomic mass is 9.90. The Morgan fingerprint density at radius 1 is 1.24 bits per heavy atom. The van der Waals surface area contributed by atoms with E-state index in [1.165, 1.54) is 0 Å². The Bertz CT molecular complexity index is 677. The minimum atomic E-state index is -0.207. The average Bonchev–Trinajstić information content (AvgIpc) is 2.39. The highest BCUT2D eigenvalue weighted by atomic mass is 79.9. The third-order valence-electron chi connectivity index (χ3n) is 3.00. The third-order valence-corrected chi connectivity index (χ3v) is 3.69. The maximum atomic E-state index is 12.4. The SMILES string of the molecule is CC(C)(C)c1cc(C(=O)Nc2ccccc2Br)cc(N)n1. The number of nitrogens with one attached hydrogen (secondary N) is 1. The quantitative estimate of drug-likeness (QED) is 0.863. The lowest BCUT2D eigenvalue weighted by Crippen LogP contribution is -2.18. The molecule has 1 aromatic heterocycles. The summed E-state index contributed by atoms with van der Waals surface area (Å²) in [5, 5.41) is 2.86. The fourth-order valence-corrected chi connectivity index (χ4v) is 2.21. The molecule has 0 bridgehead atoms. The number of benzene rings is 1. The summed E-state index contributed by atoms with van der Waals surface area (Å²) in [6, 6.07) is 10.8. The zero-order valence-electron chi connectivity index (χ0n) is 12.3. The van der Waals surface area contributed by atoms with Gasteiger partial charge in [0.25, 0.3) is 5.91 Å². The molecule has 5 heteroatoms. The molecular formula is C16H18BrN3O. The van der Waals surface area contributed by atoms with Gasteiger partial charge < -0.3 is 11.1 Å². The van der Waals surface area contributed by atoms with Crippen LogP contribution in [-0.2, 0) is 5.41 Å². The fraction of sp³-hybridized carbons (Fsp3) is 0.250. The summed E-state index contributed by atoms with van der Waals surface area (Å²) in [5.41, 5.74) is 7.66. The second-order valence-corrected chi connectivity index (χ2v) is 6.70. The predicted octanol–water partition coefficient (Wildman–Crippen LogP) is 3.98. The van der Waals surface area contributed by atoms with Crippen molar-refractivity contribution in [2.24, 2.45) is 0 Å². The van der Waals surface area contributed by atoms with Crippen LogP contribution in [0.15, 0.2) is 40.9 Å². The Morgan fingerprint density at radius 2 is 1.90 bits per heavy atom. The van der Waals surface area contributed by atoms with Gasteiger partial charge in [-0.2, -0.15) is 0 Å². The van der Waals surface area contributed by atoms with Crippen molar-refractivity contribution in [1.29, 1.82) is 0 Å². The number of carbonyl (C=O) groups excluding carboxylic acids is 1. The maximum absolute atomic E-state index is 12.4. The first-order valence-electron chi connectivity index (χ1n) is 6.61. The largest absolute Gasteiger partial charge is 0.384 e. The number of nitrogen functional groups attached to an aromatic ring is 1. The van der Waals surface area contributed by atoms with Gasteiger partial charge >= 0.3 is 0 Å². The maximum Gasteiger partial charge on any atom is 0.255 e. The molecule has 0 unspecified atom stereocenters. The first-order chi connectivity index (χ1) is 9.77. The first kappa shape index (κ1) is 15.5. The van der Waals surface area contributed by atoms with E-state index in [1.54, 1.807) is 12.1 Å². The standard InChI is InChI=1S/C16H18BrN3O/c1-16(2,3)13-8-10(9-14(18)20-13)15(21)19-12-7-5-4-6-11(12)17/h4-9H,1-3H3,(H2,18,20)(H,19,21). The number of aromatic nitrogens is 1. The summed E-state index contributed by atoms with van der Waals surface area (Å²) in [6.07, 6.45) is 0. The molecule has 4 nitrogen and oxygen atoms in total. The van der Waals surface area contributed by atoms with Gasteiger partial charge in [-0.1, -0.05) is 32.9 Å². The van der Waals surface area contributed by atoms with Crippen LogP contribution in [0.2, 0.25) is 0 Å². The van der Waals surface area contributed by atoms with Crippen molar-refractivity contribution >= 4 is 33.3 Å². The van der Waals surface area contributed by atoms with Crippen LogP contribution in [0.25, 0.3) is 0 Å². The molecule has 0 radical (unpaired) electrons. The molecule has 3 N–H and O–H groups in total. The molecule has 0 atom stereocenters. The molecule has 0 aliphatic carbocycles. The van der Waals surface area contributed by atoms with Gasteiger partial charge in [0.2, 0.25) is 0 Å². The van der Waals surface area contributed by atoms with Crippen molar-refractivity contribution in [1.82, 2.24) is 4.98 Å². The zero-order chi connectivity index (χ0) is 15.6. The van der Waals surface area contributed by atoms with Gasteiger partial charge in [-0.15, -0.1) is 0 Å². The fourth-order valence-electron chi connectivity index (χ4n) is 1.82. The monoisotopic (exact) mass is 347 g/mol. The molecule has 2 rings (SSSR count). The first-order valence-corrected chi connectivity index (χ1v) is 7.40. The van der Waals surface area contributed by atoms with Gasteiger partial charge in [0, 0.05) is 21.1 Å². The predicted molar refractivity (Wildman–Crippen MR) is 89.4 cm³/mol. The molecule has 0 spiro atoms. The topological polar surface area (TPSA) is 68.0 Å². The second kappa shape index (κ2) is 5.85. The number of para-hydroxylation sites is 1. The molecule has 0 saturated heterocycles. The van der Waals surface area contributed by atoms with Gasteiger partial charge in [-0.3, -0.25) is 4.79 Å². The van der Waals surface area contributed by atoms with E-state index in [4.69, 9.17) is 5.73 Å². The van der Waals surface area contributed by atoms with E-state index in [-0.39, 0.29) is 11.3 Å². The van der Waals surface area contributed by atoms with Crippen molar-refractivity contribution in [2.75, 3.05) is 11.1 Å². The number of rotatable bonds is 2. The summed E-state index contributed by atoms with van der Waals surface area (Å²) >= 11 is 3.41. The summed E-state index contributed by atoms with van der Waals surface area (Å²) in [6.45, 7) is 6.10. The van der Waals surface area contributed by atoms with Crippen molar-refractivity contribution in [3.63, 3.8) is 0 Å². The average molecular weight is 348 g/mol. The number of nitrogens with zero attached hydrogens (tertiary/aromatic N) is 1. The van der Waals surface area contributed by atoms with Crippen molar-refractivity contribution in [3.8, 4) is 0 Å². The molecule has 0 aliphatic rings. The van der Waals surface area contributed by atoms with Crippen LogP contribution in [0.1, 0.15) is 36.8 Å². The highest BCUT2D eigenvalue weighted by Gasteiger charge is 2.19. The van der Waals surface area contributed by atoms with Crippen LogP contribution in [0.4, 0.5) is 11.5 Å². The Kier molecular flexibility index (Phi) is 4.32. The molecule has 0 fully saturated rings. The Morgan fingerprint density at radius 3 is 2.52 bits per heavy atom. The molecule has 1 amide bonds. The molecular weight excluding hydrogens is 330 g/mol. The highest BCUT2D eigenvalue weighted by molar-refractivity contribution is 9.10. The molecule has 0 aliphatic heterocycles. The molecule has 110 valence electrons. The van der Waals surface area contributed by atoms with Crippen LogP contribution in [0.3, 0.4) is 0 Å². The molecule has 0 saturated carbocycles. The van der Waals surface area contributed by atoms with Gasteiger partial charge in [-0.25, -0.2) is 4.98 Å². The van der Waals surface area contributed by atoms with Crippen LogP contribution in [0, 0.1) is 0 Å². The summed E-state index contributed by atoms with van der Waals surface area (Å²) in [5.74, 6) is 0.140. The minimum Gasteiger partial charge on any atom is -0.384 e. The molecule has 1 aromatic carbocycles. The van der Waals surface area contributed by atoms with E-state index in [0.29, 0.717) is 11.4 Å². The normalized spacial score (nSPS) is 11.2. The van der Waals surface area contributed by atoms with Gasteiger partial charge in [-0.05, 0) is 40.2 Å². The summed E-state index contributed by atoms with van der Waals surface area (Å²) in [7, 11) is 0. The number of carbonyl (C=O) groups is 1. The number of hydrogen-bond donors (Lipinski definition) is 2. The van der Waals surface area contributed by atoms with E-state index in [1.807, 2.05) is 45.0 Å². The Balaban J connectivity index is 2.32. The summed E-state index contributed by atoms with van der Waals surface area (Å²) in [4.78, 5) is 16.7. The van der Waals surface area contributed by atoms with Crippen LogP contribution in [0.5, 0.6) is 0 Å². The molecule has 1 heterocycles. The van der Waals surface area contributed by atoms with E-state index in [2.05, 4.69) is 26.2 Å². The number of pyridine rings is 1.